The van der Waals surface area contributed by atoms with Crippen LogP contribution in [0.25, 0.3) is 6.08 Å². The second-order valence-electron chi connectivity index (χ2n) is 5.73. The molecule has 0 amide bonds. The van der Waals surface area contributed by atoms with Crippen molar-refractivity contribution in [2.45, 2.75) is 12.8 Å². The highest BCUT2D eigenvalue weighted by Crippen LogP contribution is 2.29. The van der Waals surface area contributed by atoms with Crippen LogP contribution in [0.15, 0.2) is 60.7 Å². The van der Waals surface area contributed by atoms with E-state index in [0.29, 0.717) is 0 Å². The zero-order chi connectivity index (χ0) is 18.2. The lowest BCUT2D eigenvalue weighted by Gasteiger charge is -2.21. The number of hydrogen-bond donors (Lipinski definition) is 0. The van der Waals surface area contributed by atoms with Crippen LogP contribution >= 0.6 is 0 Å². The molecule has 2 aromatic carbocycles. The van der Waals surface area contributed by atoms with Crippen molar-refractivity contribution < 1.29 is 19.1 Å². The Kier molecular flexibility index (Phi) is 6.52. The van der Waals surface area contributed by atoms with Crippen LogP contribution in [0.1, 0.15) is 22.6 Å². The topological polar surface area (TPSA) is 52.6 Å². The van der Waals surface area contributed by atoms with E-state index in [4.69, 9.17) is 9.47 Å². The molecule has 0 fully saturated rings. The Balaban J connectivity index is 2.43. The van der Waals surface area contributed by atoms with Gasteiger partial charge in [-0.25, -0.2) is 0 Å². The van der Waals surface area contributed by atoms with Gasteiger partial charge in [-0.05, 0) is 18.1 Å². The standard InChI is InChI=1S/C21H22O4/c1-15-9-11-16(12-10-15)13-14-18(17-7-5-4-6-8-17)19(20(22)24-2)21(23)25-3/h4-14,18-19H,1-3H3/b14-13+/t18-/m1/s1. The average molecular weight is 338 g/mol. The van der Waals surface area contributed by atoms with E-state index in [0.717, 1.165) is 11.1 Å². The van der Waals surface area contributed by atoms with Gasteiger partial charge in [0.25, 0.3) is 0 Å². The molecule has 0 unspecified atom stereocenters. The van der Waals surface area contributed by atoms with E-state index in [9.17, 15) is 9.59 Å². The number of carbonyl (C=O) groups excluding carboxylic acids is 2. The fourth-order valence-electron chi connectivity index (χ4n) is 2.63. The lowest BCUT2D eigenvalue weighted by molar-refractivity contribution is -0.159. The fraction of sp³-hybridized carbons (Fsp3) is 0.238. The second-order valence-corrected chi connectivity index (χ2v) is 5.73. The summed E-state index contributed by atoms with van der Waals surface area (Å²) < 4.78 is 9.66. The van der Waals surface area contributed by atoms with Gasteiger partial charge in [0.1, 0.15) is 0 Å². The Morgan fingerprint density at radius 2 is 1.44 bits per heavy atom. The summed E-state index contributed by atoms with van der Waals surface area (Å²) in [4.78, 5) is 24.5. The minimum Gasteiger partial charge on any atom is -0.468 e. The fourth-order valence-corrected chi connectivity index (χ4v) is 2.63. The SMILES string of the molecule is COC(=O)C(C(=O)OC)[C@H](/C=C/c1ccc(C)cc1)c1ccccc1. The van der Waals surface area contributed by atoms with Gasteiger partial charge in [-0.3, -0.25) is 9.59 Å². The molecular weight excluding hydrogens is 316 g/mol. The summed E-state index contributed by atoms with van der Waals surface area (Å²) in [5.41, 5.74) is 2.99. The maximum Gasteiger partial charge on any atom is 0.321 e. The quantitative estimate of drug-likeness (QED) is 0.594. The molecule has 4 heteroatoms. The highest BCUT2D eigenvalue weighted by Gasteiger charge is 2.36. The van der Waals surface area contributed by atoms with Crippen LogP contribution in [-0.4, -0.2) is 26.2 Å². The Labute approximate surface area is 148 Å². The summed E-state index contributed by atoms with van der Waals surface area (Å²) in [6.07, 6.45) is 3.74. The Morgan fingerprint density at radius 1 is 0.880 bits per heavy atom. The maximum atomic E-state index is 12.2. The van der Waals surface area contributed by atoms with Crippen LogP contribution in [0.2, 0.25) is 0 Å². The van der Waals surface area contributed by atoms with Crippen LogP contribution in [-0.2, 0) is 19.1 Å². The number of benzene rings is 2. The minimum atomic E-state index is -1.06. The van der Waals surface area contributed by atoms with Crippen LogP contribution in [0.3, 0.4) is 0 Å². The third-order valence-electron chi connectivity index (χ3n) is 4.03. The van der Waals surface area contributed by atoms with Gasteiger partial charge in [-0.15, -0.1) is 0 Å². The molecule has 0 bridgehead atoms. The summed E-state index contributed by atoms with van der Waals surface area (Å²) in [7, 11) is 2.54. The van der Waals surface area contributed by atoms with Gasteiger partial charge in [0.15, 0.2) is 5.92 Å². The highest BCUT2D eigenvalue weighted by atomic mass is 16.5. The number of methoxy groups -OCH3 is 2. The Hall–Kier alpha value is -2.88. The van der Waals surface area contributed by atoms with Gasteiger partial charge in [0.05, 0.1) is 14.2 Å². The van der Waals surface area contributed by atoms with Crippen molar-refractivity contribution >= 4 is 18.0 Å². The molecular formula is C21H22O4. The molecule has 0 saturated carbocycles. The number of hydrogen-bond acceptors (Lipinski definition) is 4. The first kappa shape index (κ1) is 18.5. The zero-order valence-electron chi connectivity index (χ0n) is 14.6. The molecule has 0 saturated heterocycles. The van der Waals surface area contributed by atoms with E-state index in [1.165, 1.54) is 19.8 Å². The summed E-state index contributed by atoms with van der Waals surface area (Å²) in [6, 6.07) is 17.4. The van der Waals surface area contributed by atoms with Crippen molar-refractivity contribution in [3.63, 3.8) is 0 Å². The molecule has 2 aromatic rings. The predicted molar refractivity (Wildman–Crippen MR) is 96.9 cm³/mol. The van der Waals surface area contributed by atoms with Crippen molar-refractivity contribution in [3.05, 3.63) is 77.4 Å². The average Bonchev–Trinajstić information content (AvgIpc) is 2.66. The van der Waals surface area contributed by atoms with Gasteiger partial charge < -0.3 is 9.47 Å². The molecule has 0 N–H and O–H groups in total. The van der Waals surface area contributed by atoms with E-state index in [1.807, 2.05) is 73.7 Å². The first-order valence-corrected chi connectivity index (χ1v) is 8.02. The third-order valence-corrected chi connectivity index (χ3v) is 4.03. The largest absolute Gasteiger partial charge is 0.468 e. The molecule has 0 heterocycles. The molecule has 130 valence electrons. The normalized spacial score (nSPS) is 12.2. The minimum absolute atomic E-state index is 0.484. The molecule has 0 aromatic heterocycles. The Morgan fingerprint density at radius 3 is 1.96 bits per heavy atom. The van der Waals surface area contributed by atoms with Crippen LogP contribution in [0, 0.1) is 12.8 Å². The molecule has 1 atom stereocenters. The number of ether oxygens (including phenoxy) is 2. The van der Waals surface area contributed by atoms with Gasteiger partial charge in [-0.2, -0.15) is 0 Å². The summed E-state index contributed by atoms with van der Waals surface area (Å²) in [5, 5.41) is 0. The molecule has 4 nitrogen and oxygen atoms in total. The number of aryl methyl sites for hydroxylation is 1. The second kappa shape index (κ2) is 8.83. The summed E-state index contributed by atoms with van der Waals surface area (Å²) >= 11 is 0. The van der Waals surface area contributed by atoms with Gasteiger partial charge >= 0.3 is 11.9 Å². The van der Waals surface area contributed by atoms with Crippen LogP contribution in [0.5, 0.6) is 0 Å². The third kappa shape index (κ3) is 4.80. The molecule has 2 rings (SSSR count). The summed E-state index contributed by atoms with van der Waals surface area (Å²) in [6.45, 7) is 2.02. The molecule has 25 heavy (non-hydrogen) atoms. The van der Waals surface area contributed by atoms with Crippen molar-refractivity contribution in [1.82, 2.24) is 0 Å². The zero-order valence-corrected chi connectivity index (χ0v) is 14.6. The number of carbonyl (C=O) groups is 2. The van der Waals surface area contributed by atoms with Crippen LogP contribution in [0.4, 0.5) is 0 Å². The first-order valence-electron chi connectivity index (χ1n) is 8.02. The monoisotopic (exact) mass is 338 g/mol. The van der Waals surface area contributed by atoms with E-state index in [1.54, 1.807) is 0 Å². The van der Waals surface area contributed by atoms with E-state index >= 15 is 0 Å². The number of esters is 2. The molecule has 0 aliphatic rings. The highest BCUT2D eigenvalue weighted by molar-refractivity contribution is 5.96. The van der Waals surface area contributed by atoms with Gasteiger partial charge in [0.2, 0.25) is 0 Å². The van der Waals surface area contributed by atoms with Crippen molar-refractivity contribution in [3.8, 4) is 0 Å². The maximum absolute atomic E-state index is 12.2. The first-order chi connectivity index (χ1) is 12.1. The van der Waals surface area contributed by atoms with Crippen molar-refractivity contribution in [2.75, 3.05) is 14.2 Å². The molecule has 0 aliphatic heterocycles. The van der Waals surface area contributed by atoms with Crippen LogP contribution < -0.4 is 0 Å². The summed E-state index contributed by atoms with van der Waals surface area (Å²) in [5.74, 6) is -2.77. The van der Waals surface area contributed by atoms with E-state index < -0.39 is 23.8 Å². The molecule has 0 aliphatic carbocycles. The van der Waals surface area contributed by atoms with Crippen molar-refractivity contribution in [2.24, 2.45) is 5.92 Å². The smallest absolute Gasteiger partial charge is 0.321 e. The number of allylic oxidation sites excluding steroid dienone is 1. The van der Waals surface area contributed by atoms with Crippen molar-refractivity contribution in [1.29, 1.82) is 0 Å². The van der Waals surface area contributed by atoms with Gasteiger partial charge in [0, 0.05) is 5.92 Å². The number of rotatable bonds is 6. The predicted octanol–water partition coefficient (Wildman–Crippen LogP) is 3.75. The molecule has 0 radical (unpaired) electrons. The lowest BCUT2D eigenvalue weighted by atomic mass is 9.85. The molecule has 0 spiro atoms. The van der Waals surface area contributed by atoms with E-state index in [2.05, 4.69) is 0 Å². The van der Waals surface area contributed by atoms with Gasteiger partial charge in [-0.1, -0.05) is 72.3 Å². The van der Waals surface area contributed by atoms with E-state index in [-0.39, 0.29) is 0 Å². The lowest BCUT2D eigenvalue weighted by Crippen LogP contribution is -2.31. The Bertz CT molecular complexity index is 716.